The molecule has 0 radical (unpaired) electrons. The summed E-state index contributed by atoms with van der Waals surface area (Å²) in [5.74, 6) is 0.401. The van der Waals surface area contributed by atoms with Crippen LogP contribution in [0.5, 0.6) is 11.5 Å². The van der Waals surface area contributed by atoms with E-state index in [1.54, 1.807) is 25.1 Å². The summed E-state index contributed by atoms with van der Waals surface area (Å²) >= 11 is 0. The molecule has 6 heteroatoms. The SMILES string of the molecule is CC1(Oc2ccccc2)CC=C(c2ccc(OC(F)(F)F)cc2)C=C1O. The highest BCUT2D eigenvalue weighted by Gasteiger charge is 2.34. The quantitative estimate of drug-likeness (QED) is 0.764. The van der Waals surface area contributed by atoms with Gasteiger partial charge in [0.25, 0.3) is 0 Å². The summed E-state index contributed by atoms with van der Waals surface area (Å²) in [6, 6.07) is 14.7. The number of allylic oxidation sites excluding steroid dienone is 2. The van der Waals surface area contributed by atoms with E-state index in [-0.39, 0.29) is 11.5 Å². The van der Waals surface area contributed by atoms with Gasteiger partial charge >= 0.3 is 6.36 Å². The second kappa shape index (κ2) is 6.78. The van der Waals surface area contributed by atoms with Crippen molar-refractivity contribution in [2.24, 2.45) is 0 Å². The van der Waals surface area contributed by atoms with E-state index < -0.39 is 12.0 Å². The number of ether oxygens (including phenoxy) is 2. The third-order valence-electron chi connectivity index (χ3n) is 4.05. The van der Waals surface area contributed by atoms with Gasteiger partial charge in [-0.2, -0.15) is 0 Å². The molecule has 26 heavy (non-hydrogen) atoms. The van der Waals surface area contributed by atoms with Gasteiger partial charge in [0.2, 0.25) is 0 Å². The van der Waals surface area contributed by atoms with Gasteiger partial charge in [-0.05, 0) is 48.4 Å². The van der Waals surface area contributed by atoms with Crippen LogP contribution in [0.1, 0.15) is 18.9 Å². The molecule has 0 amide bonds. The zero-order valence-corrected chi connectivity index (χ0v) is 14.0. The monoisotopic (exact) mass is 362 g/mol. The first kappa shape index (κ1) is 17.9. The molecule has 0 saturated heterocycles. The van der Waals surface area contributed by atoms with Crippen LogP contribution in [0.4, 0.5) is 13.2 Å². The van der Waals surface area contributed by atoms with Crippen LogP contribution >= 0.6 is 0 Å². The van der Waals surface area contributed by atoms with E-state index in [4.69, 9.17) is 4.74 Å². The normalized spacial score (nSPS) is 20.2. The highest BCUT2D eigenvalue weighted by molar-refractivity contribution is 5.76. The van der Waals surface area contributed by atoms with Gasteiger partial charge in [-0.3, -0.25) is 0 Å². The van der Waals surface area contributed by atoms with E-state index in [0.29, 0.717) is 23.3 Å². The van der Waals surface area contributed by atoms with Gasteiger partial charge in [-0.25, -0.2) is 0 Å². The molecule has 0 aliphatic heterocycles. The lowest BCUT2D eigenvalue weighted by atomic mass is 9.89. The number of halogens is 3. The van der Waals surface area contributed by atoms with Gasteiger partial charge in [0.15, 0.2) is 5.60 Å². The Bertz CT molecular complexity index is 824. The van der Waals surface area contributed by atoms with Gasteiger partial charge in [-0.15, -0.1) is 13.2 Å². The van der Waals surface area contributed by atoms with E-state index >= 15 is 0 Å². The first-order valence-corrected chi connectivity index (χ1v) is 7.97. The van der Waals surface area contributed by atoms with Gasteiger partial charge < -0.3 is 14.6 Å². The molecule has 0 spiro atoms. The fraction of sp³-hybridized carbons (Fsp3) is 0.200. The van der Waals surface area contributed by atoms with E-state index in [1.165, 1.54) is 24.3 Å². The first-order chi connectivity index (χ1) is 12.3. The maximum absolute atomic E-state index is 12.2. The fourth-order valence-corrected chi connectivity index (χ4v) is 2.66. The van der Waals surface area contributed by atoms with Crippen molar-refractivity contribution in [3.8, 4) is 11.5 Å². The lowest BCUT2D eigenvalue weighted by Crippen LogP contribution is -2.35. The van der Waals surface area contributed by atoms with Crippen molar-refractivity contribution in [3.05, 3.63) is 78.1 Å². The Labute approximate surface area is 149 Å². The van der Waals surface area contributed by atoms with Crippen molar-refractivity contribution < 1.29 is 27.8 Å². The molecule has 1 N–H and O–H groups in total. The molecule has 1 atom stereocenters. The maximum atomic E-state index is 12.2. The summed E-state index contributed by atoms with van der Waals surface area (Å²) in [5, 5.41) is 10.5. The molecule has 1 aliphatic rings. The molecule has 3 nitrogen and oxygen atoms in total. The second-order valence-electron chi connectivity index (χ2n) is 6.11. The smallest absolute Gasteiger partial charge is 0.508 e. The second-order valence-corrected chi connectivity index (χ2v) is 6.11. The van der Waals surface area contributed by atoms with Crippen LogP contribution in [0.3, 0.4) is 0 Å². The molecule has 0 aromatic heterocycles. The van der Waals surface area contributed by atoms with Crippen LogP contribution in [0.2, 0.25) is 0 Å². The third kappa shape index (κ3) is 4.20. The van der Waals surface area contributed by atoms with E-state index in [2.05, 4.69) is 4.74 Å². The molecule has 1 aliphatic carbocycles. The summed E-state index contributed by atoms with van der Waals surface area (Å²) in [6.07, 6.45) is -0.866. The predicted octanol–water partition coefficient (Wildman–Crippen LogP) is 5.65. The summed E-state index contributed by atoms with van der Waals surface area (Å²) in [5.41, 5.74) is 0.479. The van der Waals surface area contributed by atoms with Crippen LogP contribution in [0, 0.1) is 0 Å². The van der Waals surface area contributed by atoms with E-state index in [9.17, 15) is 18.3 Å². The van der Waals surface area contributed by atoms with Crippen LogP contribution in [-0.2, 0) is 0 Å². The largest absolute Gasteiger partial charge is 0.573 e. The molecule has 0 heterocycles. The standard InChI is InChI=1S/C20H17F3O3/c1-19(25-16-5-3-2-4-6-16)12-11-15(13-18(19)24)14-7-9-17(10-8-14)26-20(21,22)23/h2-11,13,24H,12H2,1H3. The first-order valence-electron chi connectivity index (χ1n) is 7.97. The molecule has 0 fully saturated rings. The number of aliphatic hydroxyl groups excluding tert-OH is 1. The Morgan fingerprint density at radius 1 is 0.962 bits per heavy atom. The topological polar surface area (TPSA) is 38.7 Å². The summed E-state index contributed by atoms with van der Waals surface area (Å²) in [4.78, 5) is 0. The molecular formula is C20H17F3O3. The Morgan fingerprint density at radius 2 is 1.62 bits per heavy atom. The van der Waals surface area contributed by atoms with Crippen molar-refractivity contribution in [1.82, 2.24) is 0 Å². The van der Waals surface area contributed by atoms with E-state index in [0.717, 1.165) is 0 Å². The number of alkyl halides is 3. The minimum atomic E-state index is -4.72. The number of rotatable bonds is 4. The molecule has 0 bridgehead atoms. The molecule has 3 rings (SSSR count). The Morgan fingerprint density at radius 3 is 2.19 bits per heavy atom. The van der Waals surface area contributed by atoms with Gasteiger partial charge in [0.1, 0.15) is 17.3 Å². The highest BCUT2D eigenvalue weighted by atomic mass is 19.4. The molecule has 0 saturated carbocycles. The Balaban J connectivity index is 1.75. The number of hydrogen-bond donors (Lipinski definition) is 1. The minimum absolute atomic E-state index is 0.0504. The van der Waals surface area contributed by atoms with Gasteiger partial charge in [0.05, 0.1) is 0 Å². The number of para-hydroxylation sites is 1. The number of aliphatic hydroxyl groups is 1. The number of hydrogen-bond acceptors (Lipinski definition) is 3. The average molecular weight is 362 g/mol. The third-order valence-corrected chi connectivity index (χ3v) is 4.05. The molecule has 2 aromatic rings. The summed E-state index contributed by atoms with van der Waals surface area (Å²) < 4.78 is 46.4. The summed E-state index contributed by atoms with van der Waals surface area (Å²) in [6.45, 7) is 1.78. The van der Waals surface area contributed by atoms with Crippen LogP contribution in [-0.4, -0.2) is 17.1 Å². The molecular weight excluding hydrogens is 345 g/mol. The highest BCUT2D eigenvalue weighted by Crippen LogP contribution is 2.35. The molecule has 136 valence electrons. The zero-order chi connectivity index (χ0) is 18.8. The van der Waals surface area contributed by atoms with Crippen LogP contribution in [0.15, 0.2) is 72.5 Å². The van der Waals surface area contributed by atoms with Crippen molar-refractivity contribution in [2.75, 3.05) is 0 Å². The molecule has 1 unspecified atom stereocenters. The zero-order valence-electron chi connectivity index (χ0n) is 14.0. The van der Waals surface area contributed by atoms with Gasteiger partial charge in [0, 0.05) is 6.42 Å². The molecule has 2 aromatic carbocycles. The lowest BCUT2D eigenvalue weighted by molar-refractivity contribution is -0.274. The predicted molar refractivity (Wildman–Crippen MR) is 91.9 cm³/mol. The van der Waals surface area contributed by atoms with E-state index in [1.807, 2.05) is 24.3 Å². The van der Waals surface area contributed by atoms with Crippen LogP contribution < -0.4 is 9.47 Å². The average Bonchev–Trinajstić information content (AvgIpc) is 2.58. The Kier molecular flexibility index (Phi) is 4.68. The fourth-order valence-electron chi connectivity index (χ4n) is 2.66. The van der Waals surface area contributed by atoms with Crippen molar-refractivity contribution in [3.63, 3.8) is 0 Å². The Hall–Kier alpha value is -2.89. The summed E-state index contributed by atoms with van der Waals surface area (Å²) in [7, 11) is 0. The van der Waals surface area contributed by atoms with Crippen molar-refractivity contribution in [1.29, 1.82) is 0 Å². The van der Waals surface area contributed by atoms with Crippen molar-refractivity contribution >= 4 is 5.57 Å². The maximum Gasteiger partial charge on any atom is 0.573 e. The lowest BCUT2D eigenvalue weighted by Gasteiger charge is -2.32. The minimum Gasteiger partial charge on any atom is -0.508 e. The van der Waals surface area contributed by atoms with Crippen LogP contribution in [0.25, 0.3) is 5.57 Å². The van der Waals surface area contributed by atoms with Gasteiger partial charge in [-0.1, -0.05) is 36.4 Å². The number of benzene rings is 2. The van der Waals surface area contributed by atoms with Crippen molar-refractivity contribution in [2.45, 2.75) is 25.3 Å².